The fourth-order valence-electron chi connectivity index (χ4n) is 2.25. The van der Waals surface area contributed by atoms with E-state index >= 15 is 0 Å². The van der Waals surface area contributed by atoms with Crippen LogP contribution in [0.1, 0.15) is 29.1 Å². The second kappa shape index (κ2) is 3.74. The zero-order chi connectivity index (χ0) is 11.1. The van der Waals surface area contributed by atoms with Gasteiger partial charge in [0.25, 0.3) is 0 Å². The Morgan fingerprint density at radius 3 is 3.06 bits per heavy atom. The second-order valence-corrected chi connectivity index (χ2v) is 5.17. The number of halogens is 1. The van der Waals surface area contributed by atoms with E-state index in [2.05, 4.69) is 28.1 Å². The van der Waals surface area contributed by atoms with Gasteiger partial charge in [-0.05, 0) is 23.4 Å². The van der Waals surface area contributed by atoms with E-state index in [0.717, 1.165) is 40.0 Å². The van der Waals surface area contributed by atoms with Crippen molar-refractivity contribution in [2.24, 2.45) is 0 Å². The molecule has 2 nitrogen and oxygen atoms in total. The molecule has 1 aromatic heterocycles. The van der Waals surface area contributed by atoms with E-state index < -0.39 is 0 Å². The predicted octanol–water partition coefficient (Wildman–Crippen LogP) is 2.98. The summed E-state index contributed by atoms with van der Waals surface area (Å²) in [6, 6.07) is 0. The zero-order valence-corrected chi connectivity index (χ0v) is 10.3. The number of fused-ring (bicyclic) bond motifs is 2. The van der Waals surface area contributed by atoms with Gasteiger partial charge in [0.15, 0.2) is 5.43 Å². The van der Waals surface area contributed by atoms with Crippen molar-refractivity contribution >= 4 is 22.0 Å². The Labute approximate surface area is 102 Å². The summed E-state index contributed by atoms with van der Waals surface area (Å²) < 4.78 is 6.88. The van der Waals surface area contributed by atoms with Gasteiger partial charge in [-0.15, -0.1) is 0 Å². The average Bonchev–Trinajstić information content (AvgIpc) is 2.31. The third-order valence-electron chi connectivity index (χ3n) is 3.10. The molecule has 0 N–H and O–H groups in total. The Kier molecular flexibility index (Phi) is 2.36. The summed E-state index contributed by atoms with van der Waals surface area (Å²) in [5.74, 6) is 1.60. The van der Waals surface area contributed by atoms with Crippen molar-refractivity contribution in [2.75, 3.05) is 0 Å². The maximum Gasteiger partial charge on any atom is 0.192 e. The predicted molar refractivity (Wildman–Crippen MR) is 66.8 cm³/mol. The Hall–Kier alpha value is -1.09. The molecule has 0 saturated carbocycles. The van der Waals surface area contributed by atoms with Crippen LogP contribution in [0.5, 0.6) is 0 Å². The SMILES string of the molecule is O=c1c2c(oc3c1CC(Br)=CC3)C=CCC2. The second-order valence-electron chi connectivity index (χ2n) is 4.15. The maximum atomic E-state index is 12.3. The van der Waals surface area contributed by atoms with Crippen molar-refractivity contribution in [3.63, 3.8) is 0 Å². The van der Waals surface area contributed by atoms with Gasteiger partial charge < -0.3 is 4.42 Å². The van der Waals surface area contributed by atoms with Crippen molar-refractivity contribution < 1.29 is 4.42 Å². The molecule has 0 spiro atoms. The highest BCUT2D eigenvalue weighted by molar-refractivity contribution is 9.11. The molecule has 2 aliphatic carbocycles. The molecule has 3 heteroatoms. The highest BCUT2D eigenvalue weighted by Crippen LogP contribution is 2.26. The van der Waals surface area contributed by atoms with Crippen LogP contribution in [-0.4, -0.2) is 0 Å². The van der Waals surface area contributed by atoms with E-state index in [-0.39, 0.29) is 5.43 Å². The first-order valence-corrected chi connectivity index (χ1v) is 6.24. The first-order chi connectivity index (χ1) is 7.75. The van der Waals surface area contributed by atoms with Crippen LogP contribution in [-0.2, 0) is 19.3 Å². The number of rotatable bonds is 0. The van der Waals surface area contributed by atoms with Crippen molar-refractivity contribution in [3.8, 4) is 0 Å². The molecule has 2 aliphatic rings. The van der Waals surface area contributed by atoms with Gasteiger partial charge in [0.2, 0.25) is 0 Å². The molecule has 0 unspecified atom stereocenters. The molecular weight excluding hydrogens is 268 g/mol. The van der Waals surface area contributed by atoms with E-state index in [1.807, 2.05) is 6.08 Å². The minimum Gasteiger partial charge on any atom is -0.461 e. The fourth-order valence-corrected chi connectivity index (χ4v) is 2.70. The molecule has 0 atom stereocenters. The lowest BCUT2D eigenvalue weighted by molar-refractivity contribution is 0.474. The standard InChI is InChI=1S/C13H11BrO2/c14-8-5-6-12-10(7-8)13(15)9-3-1-2-4-11(9)16-12/h2,4-5H,1,3,6-7H2. The lowest BCUT2D eigenvalue weighted by atomic mass is 9.96. The molecule has 0 amide bonds. The van der Waals surface area contributed by atoms with Crippen LogP contribution in [0.3, 0.4) is 0 Å². The van der Waals surface area contributed by atoms with E-state index in [4.69, 9.17) is 4.42 Å². The molecule has 0 aliphatic heterocycles. The molecule has 0 radical (unpaired) electrons. The molecule has 16 heavy (non-hydrogen) atoms. The summed E-state index contributed by atoms with van der Waals surface area (Å²) >= 11 is 3.45. The van der Waals surface area contributed by atoms with E-state index in [1.54, 1.807) is 0 Å². The Balaban J connectivity index is 2.23. The molecule has 3 rings (SSSR count). The minimum absolute atomic E-state index is 0.186. The average molecular weight is 279 g/mol. The van der Waals surface area contributed by atoms with Crippen LogP contribution in [0, 0.1) is 0 Å². The van der Waals surface area contributed by atoms with Gasteiger partial charge in [0.05, 0.1) is 0 Å². The van der Waals surface area contributed by atoms with Crippen LogP contribution >= 0.6 is 15.9 Å². The summed E-state index contributed by atoms with van der Waals surface area (Å²) in [6.45, 7) is 0. The molecule has 0 aromatic carbocycles. The highest BCUT2D eigenvalue weighted by Gasteiger charge is 2.21. The number of allylic oxidation sites excluding steroid dienone is 3. The minimum atomic E-state index is 0.186. The van der Waals surface area contributed by atoms with Crippen molar-refractivity contribution in [1.29, 1.82) is 0 Å². The van der Waals surface area contributed by atoms with Gasteiger partial charge in [-0.2, -0.15) is 0 Å². The van der Waals surface area contributed by atoms with E-state index in [1.165, 1.54) is 0 Å². The lowest BCUT2D eigenvalue weighted by Gasteiger charge is -2.16. The van der Waals surface area contributed by atoms with Gasteiger partial charge in [0.1, 0.15) is 11.5 Å². The van der Waals surface area contributed by atoms with Gasteiger partial charge in [-0.3, -0.25) is 4.79 Å². The largest absolute Gasteiger partial charge is 0.461 e. The summed E-state index contributed by atoms with van der Waals surface area (Å²) in [4.78, 5) is 12.3. The van der Waals surface area contributed by atoms with Crippen molar-refractivity contribution in [3.05, 3.63) is 49.5 Å². The van der Waals surface area contributed by atoms with E-state index in [0.29, 0.717) is 12.8 Å². The molecule has 1 heterocycles. The lowest BCUT2D eigenvalue weighted by Crippen LogP contribution is -2.21. The Bertz CT molecular complexity index is 564. The van der Waals surface area contributed by atoms with Gasteiger partial charge in [-0.1, -0.05) is 28.1 Å². The summed E-state index contributed by atoms with van der Waals surface area (Å²) in [5, 5.41) is 0. The van der Waals surface area contributed by atoms with Gasteiger partial charge in [-0.25, -0.2) is 0 Å². The molecule has 1 aromatic rings. The third-order valence-corrected chi connectivity index (χ3v) is 3.70. The van der Waals surface area contributed by atoms with Gasteiger partial charge >= 0.3 is 0 Å². The number of hydrogen-bond acceptors (Lipinski definition) is 2. The summed E-state index contributed by atoms with van der Waals surface area (Å²) in [5.41, 5.74) is 1.87. The highest BCUT2D eigenvalue weighted by atomic mass is 79.9. The number of hydrogen-bond donors (Lipinski definition) is 0. The maximum absolute atomic E-state index is 12.3. The van der Waals surface area contributed by atoms with Crippen LogP contribution in [0.25, 0.3) is 6.08 Å². The first-order valence-electron chi connectivity index (χ1n) is 5.44. The van der Waals surface area contributed by atoms with Crippen molar-refractivity contribution in [2.45, 2.75) is 25.7 Å². The van der Waals surface area contributed by atoms with Gasteiger partial charge in [0, 0.05) is 24.0 Å². The zero-order valence-electron chi connectivity index (χ0n) is 8.75. The quantitative estimate of drug-likeness (QED) is 0.730. The Morgan fingerprint density at radius 1 is 1.31 bits per heavy atom. The molecule has 82 valence electrons. The molecular formula is C13H11BrO2. The molecule has 0 saturated heterocycles. The molecule has 0 bridgehead atoms. The fraction of sp³-hybridized carbons (Fsp3) is 0.308. The smallest absolute Gasteiger partial charge is 0.192 e. The molecule has 0 fully saturated rings. The normalized spacial score (nSPS) is 17.7. The van der Waals surface area contributed by atoms with Crippen molar-refractivity contribution in [1.82, 2.24) is 0 Å². The van der Waals surface area contributed by atoms with E-state index in [9.17, 15) is 4.79 Å². The van der Waals surface area contributed by atoms with Crippen LogP contribution in [0.4, 0.5) is 0 Å². The third kappa shape index (κ3) is 1.50. The monoisotopic (exact) mass is 278 g/mol. The first kappa shape index (κ1) is 10.1. The topological polar surface area (TPSA) is 30.2 Å². The van der Waals surface area contributed by atoms with Crippen LogP contribution < -0.4 is 5.43 Å². The summed E-state index contributed by atoms with van der Waals surface area (Å²) in [7, 11) is 0. The van der Waals surface area contributed by atoms with Crippen LogP contribution in [0.15, 0.2) is 25.8 Å². The van der Waals surface area contributed by atoms with Crippen LogP contribution in [0.2, 0.25) is 0 Å². The summed E-state index contributed by atoms with van der Waals surface area (Å²) in [6.07, 6.45) is 9.18. The Morgan fingerprint density at radius 2 is 2.19 bits per heavy atom.